The summed E-state index contributed by atoms with van der Waals surface area (Å²) in [5.41, 5.74) is 4.03. The van der Waals surface area contributed by atoms with Gasteiger partial charge in [-0.15, -0.1) is 0 Å². The van der Waals surface area contributed by atoms with Crippen molar-refractivity contribution in [3.63, 3.8) is 0 Å². The van der Waals surface area contributed by atoms with Crippen LogP contribution in [0.4, 0.5) is 0 Å². The van der Waals surface area contributed by atoms with E-state index in [-0.39, 0.29) is 0 Å². The van der Waals surface area contributed by atoms with Crippen molar-refractivity contribution in [2.24, 2.45) is 0 Å². The minimum atomic E-state index is 0.581. The molecule has 2 aromatic heterocycles. The van der Waals surface area contributed by atoms with Crippen LogP contribution < -0.4 is 0 Å². The Morgan fingerprint density at radius 2 is 2.24 bits per heavy atom. The molecular formula is C16H17N3OS. The van der Waals surface area contributed by atoms with Crippen LogP contribution in [-0.2, 0) is 11.3 Å². The fourth-order valence-electron chi connectivity index (χ4n) is 2.41. The molecule has 0 spiro atoms. The number of fused-ring (bicyclic) bond motifs is 3. The second kappa shape index (κ2) is 5.79. The summed E-state index contributed by atoms with van der Waals surface area (Å²) in [5.74, 6) is 0. The van der Waals surface area contributed by atoms with Crippen LogP contribution >= 0.6 is 12.2 Å². The lowest BCUT2D eigenvalue weighted by molar-refractivity contribution is 0.148. The van der Waals surface area contributed by atoms with E-state index in [1.165, 1.54) is 0 Å². The highest BCUT2D eigenvalue weighted by atomic mass is 32.1. The summed E-state index contributed by atoms with van der Waals surface area (Å²) in [6, 6.07) is 8.08. The third kappa shape index (κ3) is 2.75. The number of para-hydroxylation sites is 1. The quantitative estimate of drug-likeness (QED) is 0.442. The van der Waals surface area contributed by atoms with Crippen LogP contribution in [-0.4, -0.2) is 27.7 Å². The molecule has 1 N–H and O–H groups in total. The molecule has 0 saturated heterocycles. The average molecular weight is 299 g/mol. The topological polar surface area (TPSA) is 42.8 Å². The van der Waals surface area contributed by atoms with Crippen molar-refractivity contribution in [1.82, 2.24) is 14.5 Å². The first kappa shape index (κ1) is 14.0. The Balaban J connectivity index is 2.01. The number of rotatable bonds is 5. The maximum absolute atomic E-state index is 5.59. The fraction of sp³-hybridized carbons (Fsp3) is 0.250. The van der Waals surface area contributed by atoms with Gasteiger partial charge in [-0.1, -0.05) is 30.4 Å². The molecule has 0 saturated carbocycles. The maximum atomic E-state index is 5.59. The van der Waals surface area contributed by atoms with E-state index in [0.29, 0.717) is 24.5 Å². The number of pyridine rings is 1. The van der Waals surface area contributed by atoms with Crippen molar-refractivity contribution >= 4 is 34.2 Å². The Hall–Kier alpha value is -1.98. The Bertz CT molecular complexity index is 863. The standard InChI is InChI=1S/C16H17N3OS/c1-11(2)10-20-8-7-19-15-12-5-3-4-6-13(12)17-9-14(15)18-16(19)21/h3-6,9H,1,7-8,10H2,2H3,(H,18,21). The van der Waals surface area contributed by atoms with E-state index in [0.717, 1.165) is 27.5 Å². The summed E-state index contributed by atoms with van der Waals surface area (Å²) in [7, 11) is 0. The van der Waals surface area contributed by atoms with Crippen molar-refractivity contribution < 1.29 is 4.74 Å². The zero-order valence-corrected chi connectivity index (χ0v) is 12.7. The number of imidazole rings is 1. The van der Waals surface area contributed by atoms with Crippen molar-refractivity contribution in [2.45, 2.75) is 13.5 Å². The largest absolute Gasteiger partial charge is 0.375 e. The molecule has 0 bridgehead atoms. The first-order valence-electron chi connectivity index (χ1n) is 6.85. The SMILES string of the molecule is C=C(C)COCCn1c(=S)[nH]c2cnc3ccccc3c21. The van der Waals surface area contributed by atoms with Crippen LogP contribution in [0.3, 0.4) is 0 Å². The number of aromatic nitrogens is 3. The number of benzene rings is 1. The monoisotopic (exact) mass is 299 g/mol. The van der Waals surface area contributed by atoms with Gasteiger partial charge in [0, 0.05) is 11.9 Å². The maximum Gasteiger partial charge on any atom is 0.178 e. The molecule has 0 aliphatic rings. The molecule has 3 rings (SSSR count). The summed E-state index contributed by atoms with van der Waals surface area (Å²) in [6.07, 6.45) is 1.83. The number of nitrogens with zero attached hydrogens (tertiary/aromatic N) is 2. The molecule has 5 heteroatoms. The zero-order chi connectivity index (χ0) is 14.8. The highest BCUT2D eigenvalue weighted by molar-refractivity contribution is 7.71. The Kier molecular flexibility index (Phi) is 3.86. The summed E-state index contributed by atoms with van der Waals surface area (Å²) < 4.78 is 8.36. The lowest BCUT2D eigenvalue weighted by Gasteiger charge is -2.07. The van der Waals surface area contributed by atoms with Crippen LogP contribution in [0.15, 0.2) is 42.6 Å². The second-order valence-corrected chi connectivity index (χ2v) is 5.52. The van der Waals surface area contributed by atoms with Gasteiger partial charge in [0.2, 0.25) is 0 Å². The highest BCUT2D eigenvalue weighted by Crippen LogP contribution is 2.23. The summed E-state index contributed by atoms with van der Waals surface area (Å²) in [4.78, 5) is 7.66. The Morgan fingerprint density at radius 3 is 3.05 bits per heavy atom. The lowest BCUT2D eigenvalue weighted by atomic mass is 10.2. The molecule has 4 nitrogen and oxygen atoms in total. The molecule has 0 radical (unpaired) electrons. The fourth-order valence-corrected chi connectivity index (χ4v) is 2.70. The van der Waals surface area contributed by atoms with Gasteiger partial charge in [0.1, 0.15) is 0 Å². The van der Waals surface area contributed by atoms with E-state index in [4.69, 9.17) is 17.0 Å². The number of aromatic amines is 1. The van der Waals surface area contributed by atoms with Crippen LogP contribution in [0.5, 0.6) is 0 Å². The van der Waals surface area contributed by atoms with Gasteiger partial charge in [0.15, 0.2) is 4.77 Å². The summed E-state index contributed by atoms with van der Waals surface area (Å²) in [5, 5.41) is 1.10. The van der Waals surface area contributed by atoms with Crippen molar-refractivity contribution in [3.8, 4) is 0 Å². The molecule has 1 aromatic carbocycles. The molecule has 21 heavy (non-hydrogen) atoms. The van der Waals surface area contributed by atoms with E-state index in [1.807, 2.05) is 31.3 Å². The molecule has 0 unspecified atom stereocenters. The molecule has 108 valence electrons. The first-order valence-corrected chi connectivity index (χ1v) is 7.26. The third-order valence-corrected chi connectivity index (χ3v) is 3.63. The zero-order valence-electron chi connectivity index (χ0n) is 11.9. The van der Waals surface area contributed by atoms with Crippen molar-refractivity contribution in [3.05, 3.63) is 47.4 Å². The van der Waals surface area contributed by atoms with Gasteiger partial charge >= 0.3 is 0 Å². The first-order chi connectivity index (χ1) is 10.2. The van der Waals surface area contributed by atoms with Gasteiger partial charge in [-0.25, -0.2) is 0 Å². The van der Waals surface area contributed by atoms with E-state index < -0.39 is 0 Å². The molecule has 0 amide bonds. The highest BCUT2D eigenvalue weighted by Gasteiger charge is 2.09. The van der Waals surface area contributed by atoms with E-state index in [9.17, 15) is 0 Å². The smallest absolute Gasteiger partial charge is 0.178 e. The van der Waals surface area contributed by atoms with Crippen LogP contribution in [0.2, 0.25) is 0 Å². The Morgan fingerprint density at radius 1 is 1.43 bits per heavy atom. The normalized spacial score (nSPS) is 11.3. The number of hydrogen-bond donors (Lipinski definition) is 1. The van der Waals surface area contributed by atoms with Crippen LogP contribution in [0, 0.1) is 4.77 Å². The number of ether oxygens (including phenoxy) is 1. The number of nitrogens with one attached hydrogen (secondary N) is 1. The number of H-pyrrole nitrogens is 1. The molecular weight excluding hydrogens is 282 g/mol. The predicted molar refractivity (Wildman–Crippen MR) is 88.1 cm³/mol. The predicted octanol–water partition coefficient (Wildman–Crippen LogP) is 3.84. The minimum Gasteiger partial charge on any atom is -0.375 e. The molecule has 2 heterocycles. The van der Waals surface area contributed by atoms with Crippen molar-refractivity contribution in [2.75, 3.05) is 13.2 Å². The molecule has 0 atom stereocenters. The van der Waals surface area contributed by atoms with Crippen LogP contribution in [0.1, 0.15) is 6.92 Å². The average Bonchev–Trinajstić information content (AvgIpc) is 2.79. The van der Waals surface area contributed by atoms with Gasteiger partial charge in [-0.3, -0.25) is 4.98 Å². The van der Waals surface area contributed by atoms with Crippen LogP contribution in [0.25, 0.3) is 21.9 Å². The van der Waals surface area contributed by atoms with Gasteiger partial charge in [-0.2, -0.15) is 0 Å². The summed E-state index contributed by atoms with van der Waals surface area (Å²) in [6.45, 7) is 7.68. The molecule has 0 aliphatic carbocycles. The minimum absolute atomic E-state index is 0.581. The summed E-state index contributed by atoms with van der Waals surface area (Å²) >= 11 is 5.42. The number of hydrogen-bond acceptors (Lipinski definition) is 3. The third-order valence-electron chi connectivity index (χ3n) is 3.31. The lowest BCUT2D eigenvalue weighted by Crippen LogP contribution is -2.07. The second-order valence-electron chi connectivity index (χ2n) is 5.13. The molecule has 0 fully saturated rings. The Labute approximate surface area is 128 Å². The van der Waals surface area contributed by atoms with E-state index in [2.05, 4.69) is 27.2 Å². The van der Waals surface area contributed by atoms with Gasteiger partial charge in [0.25, 0.3) is 0 Å². The van der Waals surface area contributed by atoms with Gasteiger partial charge in [0.05, 0.1) is 36.0 Å². The van der Waals surface area contributed by atoms with Gasteiger partial charge < -0.3 is 14.3 Å². The molecule has 0 aliphatic heterocycles. The molecule has 3 aromatic rings. The van der Waals surface area contributed by atoms with E-state index in [1.54, 1.807) is 0 Å². The van der Waals surface area contributed by atoms with E-state index >= 15 is 0 Å². The van der Waals surface area contributed by atoms with Crippen molar-refractivity contribution in [1.29, 1.82) is 0 Å². The van der Waals surface area contributed by atoms with Gasteiger partial charge in [-0.05, 0) is 25.2 Å².